The summed E-state index contributed by atoms with van der Waals surface area (Å²) in [7, 11) is -9.84. The Hall–Kier alpha value is -1.94. The molecule has 17 nitrogen and oxygen atoms in total. The van der Waals surface area contributed by atoms with Crippen LogP contribution in [0.15, 0.2) is 0 Å². The molecule has 0 rings (SSSR count). The molecular formula is C46H86O17P2-2. The SMILES string of the molecule is [CH2-]CCCCCCCCC(=O)O[C@H](COC(=O)CCC[CH2-])COP(=O)(O)OC[C@@H](O)COP(=O)(O)OC[C@@H](COC(=O)CCCCCCCCC)OC(=O)CCCCCCCCCCC. The monoisotopic (exact) mass is 973 g/mol. The predicted molar refractivity (Wildman–Crippen MR) is 247 cm³/mol. The minimum absolute atomic E-state index is 0.0782. The van der Waals surface area contributed by atoms with Gasteiger partial charge in [0.05, 0.1) is 26.4 Å². The zero-order chi connectivity index (χ0) is 48.4. The molecule has 0 amide bonds. The molecule has 0 bridgehead atoms. The molecule has 19 heteroatoms. The van der Waals surface area contributed by atoms with Crippen molar-refractivity contribution in [2.45, 2.75) is 218 Å². The number of phosphoric ester groups is 2. The van der Waals surface area contributed by atoms with Crippen molar-refractivity contribution < 1.29 is 80.2 Å². The van der Waals surface area contributed by atoms with Crippen molar-refractivity contribution in [3.63, 3.8) is 0 Å². The Bertz CT molecular complexity index is 1300. The maximum absolute atomic E-state index is 12.7. The first-order chi connectivity index (χ1) is 31.2. The maximum atomic E-state index is 12.7. The van der Waals surface area contributed by atoms with Gasteiger partial charge in [-0.05, 0) is 19.3 Å². The highest BCUT2D eigenvalue weighted by Gasteiger charge is 2.30. The molecule has 0 aromatic rings. The van der Waals surface area contributed by atoms with E-state index in [1.807, 2.05) is 0 Å². The number of hydrogen-bond donors (Lipinski definition) is 3. The van der Waals surface area contributed by atoms with Crippen molar-refractivity contribution in [1.82, 2.24) is 0 Å². The first kappa shape index (κ1) is 63.1. The van der Waals surface area contributed by atoms with Crippen LogP contribution < -0.4 is 0 Å². The average molecular weight is 973 g/mol. The number of aliphatic hydroxyl groups is 1. The molecule has 0 saturated heterocycles. The van der Waals surface area contributed by atoms with E-state index < -0.39 is 97.5 Å². The average Bonchev–Trinajstić information content (AvgIpc) is 3.27. The minimum atomic E-state index is -4.92. The van der Waals surface area contributed by atoms with E-state index in [2.05, 4.69) is 27.7 Å². The van der Waals surface area contributed by atoms with E-state index in [1.165, 1.54) is 32.1 Å². The zero-order valence-corrected chi connectivity index (χ0v) is 41.6. The van der Waals surface area contributed by atoms with Crippen molar-refractivity contribution >= 4 is 39.5 Å². The maximum Gasteiger partial charge on any atom is 0.472 e. The molecular weight excluding hydrogens is 886 g/mol. The lowest BCUT2D eigenvalue weighted by molar-refractivity contribution is -0.161. The molecule has 0 aliphatic rings. The highest BCUT2D eigenvalue weighted by atomic mass is 31.2. The third kappa shape index (κ3) is 41.9. The van der Waals surface area contributed by atoms with E-state index in [9.17, 15) is 43.2 Å². The van der Waals surface area contributed by atoms with Gasteiger partial charge in [-0.3, -0.25) is 37.3 Å². The molecule has 0 aliphatic carbocycles. The third-order valence-corrected chi connectivity index (χ3v) is 12.0. The molecule has 5 atom stereocenters. The molecule has 0 heterocycles. The van der Waals surface area contributed by atoms with Gasteiger partial charge < -0.3 is 47.7 Å². The van der Waals surface area contributed by atoms with Crippen molar-refractivity contribution in [3.05, 3.63) is 13.8 Å². The number of carbonyl (C=O) groups is 4. The highest BCUT2D eigenvalue weighted by molar-refractivity contribution is 7.47. The number of esters is 4. The summed E-state index contributed by atoms with van der Waals surface area (Å²) in [5.41, 5.74) is 0. The Morgan fingerprint density at radius 3 is 1.06 bits per heavy atom. The van der Waals surface area contributed by atoms with Crippen molar-refractivity contribution in [3.8, 4) is 0 Å². The van der Waals surface area contributed by atoms with Gasteiger partial charge in [-0.2, -0.15) is 12.8 Å². The lowest BCUT2D eigenvalue weighted by atomic mass is 10.1. The molecule has 0 aromatic carbocycles. The van der Waals surface area contributed by atoms with Crippen LogP contribution in [0.3, 0.4) is 0 Å². The predicted octanol–water partition coefficient (Wildman–Crippen LogP) is 10.5. The summed E-state index contributed by atoms with van der Waals surface area (Å²) in [5, 5.41) is 10.3. The molecule has 2 unspecified atom stereocenters. The van der Waals surface area contributed by atoms with Gasteiger partial charge in [-0.1, -0.05) is 142 Å². The summed E-state index contributed by atoms with van der Waals surface area (Å²) in [5.74, 6) is -2.28. The van der Waals surface area contributed by atoms with Crippen molar-refractivity contribution in [1.29, 1.82) is 0 Å². The van der Waals surface area contributed by atoms with Crippen LogP contribution >= 0.6 is 15.6 Å². The van der Waals surface area contributed by atoms with Gasteiger partial charge in [0, 0.05) is 25.7 Å². The number of unbranched alkanes of at least 4 members (excludes halogenated alkanes) is 21. The van der Waals surface area contributed by atoms with E-state index in [1.54, 1.807) is 0 Å². The van der Waals surface area contributed by atoms with Crippen LogP contribution in [0.2, 0.25) is 0 Å². The first-order valence-electron chi connectivity index (χ1n) is 24.4. The van der Waals surface area contributed by atoms with Gasteiger partial charge in [-0.25, -0.2) is 9.13 Å². The van der Waals surface area contributed by atoms with Gasteiger partial charge in [0.1, 0.15) is 19.3 Å². The Labute approximate surface area is 390 Å². The molecule has 65 heavy (non-hydrogen) atoms. The zero-order valence-electron chi connectivity index (χ0n) is 39.8. The number of carbonyl (C=O) groups excluding carboxylic acids is 4. The largest absolute Gasteiger partial charge is 0.472 e. The molecule has 0 aliphatic heterocycles. The van der Waals surface area contributed by atoms with Crippen LogP contribution in [-0.2, 0) is 65.4 Å². The second-order valence-electron chi connectivity index (χ2n) is 16.5. The van der Waals surface area contributed by atoms with Crippen LogP contribution in [0.25, 0.3) is 0 Å². The number of phosphoric acid groups is 2. The molecule has 0 fully saturated rings. The first-order valence-corrected chi connectivity index (χ1v) is 27.4. The molecule has 3 N–H and O–H groups in total. The highest BCUT2D eigenvalue weighted by Crippen LogP contribution is 2.45. The van der Waals surface area contributed by atoms with Gasteiger partial charge in [0.2, 0.25) is 0 Å². The van der Waals surface area contributed by atoms with Crippen LogP contribution in [-0.4, -0.2) is 96.7 Å². The quantitative estimate of drug-likeness (QED) is 0.0169. The number of rotatable bonds is 47. The lowest BCUT2D eigenvalue weighted by Gasteiger charge is -2.21. The normalized spacial score (nSPS) is 14.8. The van der Waals surface area contributed by atoms with Crippen LogP contribution in [0.4, 0.5) is 0 Å². The summed E-state index contributed by atoms with van der Waals surface area (Å²) in [6.45, 7) is 7.76. The molecule has 0 spiro atoms. The molecule has 0 saturated carbocycles. The van der Waals surface area contributed by atoms with Gasteiger partial charge in [0.15, 0.2) is 12.2 Å². The van der Waals surface area contributed by atoms with E-state index in [0.717, 1.165) is 96.3 Å². The topological polar surface area (TPSA) is 237 Å². The third-order valence-electron chi connectivity index (χ3n) is 10.1. The summed E-state index contributed by atoms with van der Waals surface area (Å²) in [6.07, 6.45) is 20.1. The van der Waals surface area contributed by atoms with E-state index in [4.69, 9.17) is 37.0 Å². The molecule has 0 radical (unpaired) electrons. The van der Waals surface area contributed by atoms with Crippen LogP contribution in [0.1, 0.15) is 200 Å². The summed E-state index contributed by atoms with van der Waals surface area (Å²) >= 11 is 0. The lowest BCUT2D eigenvalue weighted by Crippen LogP contribution is -2.30. The number of ether oxygens (including phenoxy) is 4. The van der Waals surface area contributed by atoms with Gasteiger partial charge in [-0.15, -0.1) is 0 Å². The summed E-state index contributed by atoms with van der Waals surface area (Å²) in [6, 6.07) is 0. The minimum Gasteiger partial charge on any atom is -0.462 e. The Kier molecular flexibility index (Phi) is 40.9. The van der Waals surface area contributed by atoms with Crippen LogP contribution in [0, 0.1) is 13.8 Å². The smallest absolute Gasteiger partial charge is 0.462 e. The van der Waals surface area contributed by atoms with Crippen LogP contribution in [0.5, 0.6) is 0 Å². The number of hydrogen-bond acceptors (Lipinski definition) is 15. The van der Waals surface area contributed by atoms with Crippen molar-refractivity contribution in [2.24, 2.45) is 0 Å². The van der Waals surface area contributed by atoms with E-state index in [0.29, 0.717) is 32.1 Å². The van der Waals surface area contributed by atoms with Crippen molar-refractivity contribution in [2.75, 3.05) is 39.6 Å². The second-order valence-corrected chi connectivity index (χ2v) is 19.4. The summed E-state index contributed by atoms with van der Waals surface area (Å²) in [4.78, 5) is 70.3. The van der Waals surface area contributed by atoms with E-state index in [-0.39, 0.29) is 25.7 Å². The van der Waals surface area contributed by atoms with E-state index >= 15 is 0 Å². The second kappa shape index (κ2) is 42.2. The van der Waals surface area contributed by atoms with Gasteiger partial charge >= 0.3 is 39.5 Å². The fraction of sp³-hybridized carbons (Fsp3) is 0.870. The molecule has 0 aromatic heterocycles. The Balaban J connectivity index is 5.10. The Morgan fingerprint density at radius 1 is 0.415 bits per heavy atom. The fourth-order valence-corrected chi connectivity index (χ4v) is 7.88. The standard InChI is InChI=1S/C46H86O17P2/c1-5-9-13-16-19-20-23-26-29-33-46(51)63-42(37-57-44(49)31-27-24-21-17-14-10-6-2)39-61-65(54,55)59-35-40(47)34-58-64(52,53)60-38-41(36-56-43(48)30-12-8-4)62-45(50)32-28-25-22-18-15-11-7-3/h40-42,47H,3-39H2,1-2H3,(H,52,53)(H,54,55)/q-2/t40-,41-,42-/m1/s1. The fourth-order valence-electron chi connectivity index (χ4n) is 6.30. The Morgan fingerprint density at radius 2 is 0.708 bits per heavy atom. The summed E-state index contributed by atoms with van der Waals surface area (Å²) < 4.78 is 66.4. The molecule has 384 valence electrons. The van der Waals surface area contributed by atoms with Gasteiger partial charge in [0.25, 0.3) is 0 Å². The number of aliphatic hydroxyl groups excluding tert-OH is 1.